The first-order chi connectivity index (χ1) is 12.0. The van der Waals surface area contributed by atoms with Crippen LogP contribution in [0.4, 0.5) is 0 Å². The van der Waals surface area contributed by atoms with Crippen molar-refractivity contribution < 1.29 is 14.2 Å². The fourth-order valence-corrected chi connectivity index (χ4v) is 5.19. The monoisotopic (exact) mass is 338 g/mol. The fraction of sp³-hybridized carbons (Fsp3) is 0.545. The summed E-state index contributed by atoms with van der Waals surface area (Å²) in [6.45, 7) is 10.3. The lowest BCUT2D eigenvalue weighted by atomic mass is 9.63. The molecule has 3 fully saturated rings. The Morgan fingerprint density at radius 1 is 0.960 bits per heavy atom. The lowest BCUT2D eigenvalue weighted by Crippen LogP contribution is -2.39. The number of hydrogen-bond acceptors (Lipinski definition) is 3. The number of hydrogen-bond donors (Lipinski definition) is 0. The summed E-state index contributed by atoms with van der Waals surface area (Å²) in [5.41, 5.74) is 6.63. The predicted octanol–water partition coefficient (Wildman–Crippen LogP) is 3.83. The predicted molar refractivity (Wildman–Crippen MR) is 97.4 cm³/mol. The molecule has 0 N–H and O–H groups in total. The molecule has 3 heteroatoms. The molecule has 5 rings (SSSR count). The third-order valence-corrected chi connectivity index (χ3v) is 6.19. The zero-order chi connectivity index (χ0) is 17.3. The van der Waals surface area contributed by atoms with E-state index in [2.05, 4.69) is 58.0 Å². The van der Waals surface area contributed by atoms with E-state index in [1.807, 2.05) is 0 Å². The molecule has 1 aliphatic carbocycles. The van der Waals surface area contributed by atoms with Gasteiger partial charge in [0.2, 0.25) is 0 Å². The van der Waals surface area contributed by atoms with E-state index in [4.69, 9.17) is 14.2 Å². The van der Waals surface area contributed by atoms with Crippen molar-refractivity contribution >= 4 is 5.57 Å². The molecule has 4 aliphatic rings. The minimum Gasteiger partial charge on any atom is -0.376 e. The van der Waals surface area contributed by atoms with Gasteiger partial charge in [0, 0.05) is 11.3 Å². The summed E-state index contributed by atoms with van der Waals surface area (Å²) in [5.74, 6) is 0.319. The summed E-state index contributed by atoms with van der Waals surface area (Å²) < 4.78 is 18.0. The molecule has 3 nitrogen and oxygen atoms in total. The molecule has 0 saturated carbocycles. The number of epoxide rings is 2. The maximum atomic E-state index is 6.09. The van der Waals surface area contributed by atoms with Gasteiger partial charge in [-0.05, 0) is 31.9 Å². The van der Waals surface area contributed by atoms with E-state index in [1.165, 1.54) is 27.8 Å². The normalized spacial score (nSPS) is 41.8. The summed E-state index contributed by atoms with van der Waals surface area (Å²) >= 11 is 0. The van der Waals surface area contributed by atoms with Gasteiger partial charge in [-0.25, -0.2) is 0 Å². The molecule has 0 spiro atoms. The molecule has 132 valence electrons. The zero-order valence-electron chi connectivity index (χ0n) is 15.4. The Morgan fingerprint density at radius 3 is 2.44 bits per heavy atom. The van der Waals surface area contributed by atoms with Crippen molar-refractivity contribution in [2.24, 2.45) is 11.3 Å². The van der Waals surface area contributed by atoms with Crippen LogP contribution in [0.15, 0.2) is 35.9 Å². The second kappa shape index (κ2) is 5.29. The van der Waals surface area contributed by atoms with E-state index in [0.717, 1.165) is 0 Å². The Labute approximate surface area is 149 Å². The number of allylic oxidation sites excluding steroid dienone is 2. The van der Waals surface area contributed by atoms with Crippen LogP contribution >= 0.6 is 0 Å². The van der Waals surface area contributed by atoms with Gasteiger partial charge in [0.05, 0.1) is 25.4 Å². The van der Waals surface area contributed by atoms with Crippen LogP contribution < -0.4 is 0 Å². The van der Waals surface area contributed by atoms with Gasteiger partial charge in [0.25, 0.3) is 0 Å². The van der Waals surface area contributed by atoms with E-state index >= 15 is 0 Å². The van der Waals surface area contributed by atoms with Gasteiger partial charge < -0.3 is 14.2 Å². The van der Waals surface area contributed by atoms with Crippen molar-refractivity contribution in [1.82, 2.24) is 0 Å². The van der Waals surface area contributed by atoms with Crippen LogP contribution in [-0.4, -0.2) is 37.6 Å². The Kier molecular flexibility index (Phi) is 3.35. The van der Waals surface area contributed by atoms with Gasteiger partial charge in [-0.2, -0.15) is 0 Å². The standard InChI is InChI=1S/C22H26O3/c1-12-5-13(2)7-15(6-12)16-8-14(3)9-22(4)19(16)20-17(24-20)10-23-11-18-21(22)25-18/h5-9,17-21H,10-11H2,1-4H3. The average molecular weight is 338 g/mol. The van der Waals surface area contributed by atoms with Crippen molar-refractivity contribution in [2.45, 2.75) is 52.1 Å². The minimum absolute atomic E-state index is 0.0381. The minimum atomic E-state index is -0.0381. The number of benzene rings is 1. The summed E-state index contributed by atoms with van der Waals surface area (Å²) in [5, 5.41) is 0. The van der Waals surface area contributed by atoms with Crippen LogP contribution in [0, 0.1) is 25.2 Å². The highest BCUT2D eigenvalue weighted by Crippen LogP contribution is 2.58. The third-order valence-electron chi connectivity index (χ3n) is 6.19. The van der Waals surface area contributed by atoms with Gasteiger partial charge in [-0.1, -0.05) is 54.0 Å². The first-order valence-corrected chi connectivity index (χ1v) is 9.34. The van der Waals surface area contributed by atoms with E-state index in [1.54, 1.807) is 0 Å². The molecule has 6 atom stereocenters. The molecular weight excluding hydrogens is 312 g/mol. The SMILES string of the molecule is CC1=CC2(C)C3OC3COCC3OC3C2C(c2cc(C)cc(C)c2)=C1. The molecule has 0 radical (unpaired) electrons. The highest BCUT2D eigenvalue weighted by Gasteiger charge is 2.63. The first kappa shape index (κ1) is 15.8. The van der Waals surface area contributed by atoms with E-state index in [0.29, 0.717) is 19.1 Å². The Morgan fingerprint density at radius 2 is 1.68 bits per heavy atom. The molecule has 6 unspecified atom stereocenters. The fourth-order valence-electron chi connectivity index (χ4n) is 5.19. The van der Waals surface area contributed by atoms with Crippen LogP contribution in [-0.2, 0) is 14.2 Å². The molecular formula is C22H26O3. The lowest BCUT2D eigenvalue weighted by Gasteiger charge is -2.39. The van der Waals surface area contributed by atoms with E-state index in [9.17, 15) is 0 Å². The van der Waals surface area contributed by atoms with Crippen molar-refractivity contribution in [2.75, 3.05) is 13.2 Å². The van der Waals surface area contributed by atoms with Crippen LogP contribution in [0.1, 0.15) is 30.5 Å². The van der Waals surface area contributed by atoms with Crippen LogP contribution in [0.3, 0.4) is 0 Å². The van der Waals surface area contributed by atoms with Crippen molar-refractivity contribution in [3.63, 3.8) is 0 Å². The zero-order valence-corrected chi connectivity index (χ0v) is 15.4. The van der Waals surface area contributed by atoms with Crippen LogP contribution in [0.2, 0.25) is 0 Å². The Bertz CT molecular complexity index is 772. The second-order valence-electron chi connectivity index (χ2n) is 8.48. The average Bonchev–Trinajstić information content (AvgIpc) is 3.42. The van der Waals surface area contributed by atoms with E-state index < -0.39 is 0 Å². The number of fused-ring (bicyclic) bond motifs is 5. The smallest absolute Gasteiger partial charge is 0.108 e. The number of ether oxygens (including phenoxy) is 3. The van der Waals surface area contributed by atoms with Gasteiger partial charge in [0.1, 0.15) is 12.2 Å². The molecule has 0 bridgehead atoms. The lowest BCUT2D eigenvalue weighted by molar-refractivity contribution is 0.102. The van der Waals surface area contributed by atoms with Gasteiger partial charge in [-0.3, -0.25) is 0 Å². The maximum absolute atomic E-state index is 6.09. The summed E-state index contributed by atoms with van der Waals surface area (Å²) in [4.78, 5) is 0. The summed E-state index contributed by atoms with van der Waals surface area (Å²) in [6.07, 6.45) is 5.68. The van der Waals surface area contributed by atoms with Crippen molar-refractivity contribution in [3.8, 4) is 0 Å². The largest absolute Gasteiger partial charge is 0.376 e. The topological polar surface area (TPSA) is 34.3 Å². The molecule has 3 saturated heterocycles. The molecule has 3 heterocycles. The maximum Gasteiger partial charge on any atom is 0.108 e. The van der Waals surface area contributed by atoms with Crippen molar-refractivity contribution in [1.29, 1.82) is 0 Å². The molecule has 0 amide bonds. The van der Waals surface area contributed by atoms with Crippen LogP contribution in [0.25, 0.3) is 5.57 Å². The molecule has 1 aromatic carbocycles. The third kappa shape index (κ3) is 2.52. The summed E-state index contributed by atoms with van der Waals surface area (Å²) in [6, 6.07) is 6.86. The Hall–Kier alpha value is -1.42. The van der Waals surface area contributed by atoms with E-state index in [-0.39, 0.29) is 29.8 Å². The number of rotatable bonds is 1. The molecule has 1 aromatic rings. The van der Waals surface area contributed by atoms with Gasteiger partial charge in [0.15, 0.2) is 0 Å². The van der Waals surface area contributed by atoms with Gasteiger partial charge in [-0.15, -0.1) is 0 Å². The van der Waals surface area contributed by atoms with Gasteiger partial charge >= 0.3 is 0 Å². The number of aryl methyl sites for hydroxylation is 2. The first-order valence-electron chi connectivity index (χ1n) is 9.34. The molecule has 0 aromatic heterocycles. The molecule has 25 heavy (non-hydrogen) atoms. The molecule has 3 aliphatic heterocycles. The quantitative estimate of drug-likeness (QED) is 0.730. The highest BCUT2D eigenvalue weighted by molar-refractivity contribution is 5.74. The van der Waals surface area contributed by atoms with Crippen molar-refractivity contribution in [3.05, 3.63) is 52.6 Å². The highest BCUT2D eigenvalue weighted by atomic mass is 16.6. The summed E-state index contributed by atoms with van der Waals surface area (Å²) in [7, 11) is 0. The van der Waals surface area contributed by atoms with Crippen LogP contribution in [0.5, 0.6) is 0 Å². The Balaban J connectivity index is 1.64. The second-order valence-corrected chi connectivity index (χ2v) is 8.48.